The highest BCUT2D eigenvalue weighted by atomic mass is 19.1. The summed E-state index contributed by atoms with van der Waals surface area (Å²) in [5.74, 6) is -0.470. The minimum Gasteiger partial charge on any atom is -0.382 e. The molecule has 0 spiro atoms. The fraction of sp³-hybridized carbons (Fsp3) is 0.200. The Kier molecular flexibility index (Phi) is 2.47. The number of pyridine rings is 1. The van der Waals surface area contributed by atoms with E-state index in [9.17, 15) is 9.50 Å². The molecule has 2 aromatic rings. The molecule has 0 amide bonds. The monoisotopic (exact) mass is 207 g/mol. The van der Waals surface area contributed by atoms with Crippen LogP contribution in [0.1, 0.15) is 17.4 Å². The van der Waals surface area contributed by atoms with Crippen LogP contribution in [-0.2, 0) is 7.05 Å². The van der Waals surface area contributed by atoms with E-state index < -0.39 is 11.9 Å². The summed E-state index contributed by atoms with van der Waals surface area (Å²) >= 11 is 0. The van der Waals surface area contributed by atoms with Crippen LogP contribution in [0.3, 0.4) is 0 Å². The van der Waals surface area contributed by atoms with Crippen molar-refractivity contribution in [3.05, 3.63) is 47.8 Å². The summed E-state index contributed by atoms with van der Waals surface area (Å²) < 4.78 is 14.4. The SMILES string of the molecule is Cn1ccc(C(O)c2cncc(F)c2)n1. The Morgan fingerprint density at radius 3 is 2.87 bits per heavy atom. The Balaban J connectivity index is 2.32. The van der Waals surface area contributed by atoms with Crippen molar-refractivity contribution < 1.29 is 9.50 Å². The lowest BCUT2D eigenvalue weighted by Crippen LogP contribution is -2.02. The Morgan fingerprint density at radius 2 is 2.27 bits per heavy atom. The predicted octanol–water partition coefficient (Wildman–Crippen LogP) is 1.04. The van der Waals surface area contributed by atoms with Crippen molar-refractivity contribution in [3.8, 4) is 0 Å². The molecule has 0 aliphatic rings. The van der Waals surface area contributed by atoms with E-state index in [1.165, 1.54) is 12.3 Å². The third-order valence-electron chi connectivity index (χ3n) is 2.06. The topological polar surface area (TPSA) is 50.9 Å². The van der Waals surface area contributed by atoms with E-state index in [0.29, 0.717) is 11.3 Å². The van der Waals surface area contributed by atoms with E-state index in [0.717, 1.165) is 6.20 Å². The summed E-state index contributed by atoms with van der Waals surface area (Å²) in [6, 6.07) is 2.92. The second-order valence-corrected chi connectivity index (χ2v) is 3.25. The lowest BCUT2D eigenvalue weighted by molar-refractivity contribution is 0.213. The van der Waals surface area contributed by atoms with Gasteiger partial charge < -0.3 is 5.11 Å². The van der Waals surface area contributed by atoms with Gasteiger partial charge in [0.1, 0.15) is 11.9 Å². The lowest BCUT2D eigenvalue weighted by Gasteiger charge is -2.06. The summed E-state index contributed by atoms with van der Waals surface area (Å²) in [6.45, 7) is 0. The summed E-state index contributed by atoms with van der Waals surface area (Å²) in [4.78, 5) is 3.67. The van der Waals surface area contributed by atoms with Crippen LogP contribution in [0.5, 0.6) is 0 Å². The van der Waals surface area contributed by atoms with Gasteiger partial charge in [-0.2, -0.15) is 5.10 Å². The smallest absolute Gasteiger partial charge is 0.141 e. The highest BCUT2D eigenvalue weighted by Crippen LogP contribution is 2.19. The number of aliphatic hydroxyl groups excluding tert-OH is 1. The van der Waals surface area contributed by atoms with Gasteiger partial charge in [-0.1, -0.05) is 0 Å². The Bertz CT molecular complexity index is 469. The molecule has 0 radical (unpaired) electrons. The second-order valence-electron chi connectivity index (χ2n) is 3.25. The van der Waals surface area contributed by atoms with Crippen LogP contribution in [0.2, 0.25) is 0 Å². The fourth-order valence-electron chi connectivity index (χ4n) is 1.33. The van der Waals surface area contributed by atoms with Crippen molar-refractivity contribution in [3.63, 3.8) is 0 Å². The number of halogens is 1. The fourth-order valence-corrected chi connectivity index (χ4v) is 1.33. The maximum absolute atomic E-state index is 12.8. The molecule has 1 N–H and O–H groups in total. The zero-order valence-electron chi connectivity index (χ0n) is 8.13. The average molecular weight is 207 g/mol. The first kappa shape index (κ1) is 9.79. The van der Waals surface area contributed by atoms with E-state index in [-0.39, 0.29) is 0 Å². The average Bonchev–Trinajstić information content (AvgIpc) is 2.64. The molecule has 5 heteroatoms. The molecule has 1 atom stereocenters. The van der Waals surface area contributed by atoms with Crippen LogP contribution in [0.15, 0.2) is 30.7 Å². The first-order chi connectivity index (χ1) is 7.16. The van der Waals surface area contributed by atoms with Gasteiger partial charge in [-0.15, -0.1) is 0 Å². The molecule has 4 nitrogen and oxygen atoms in total. The molecule has 0 bridgehead atoms. The summed E-state index contributed by atoms with van der Waals surface area (Å²) in [6.07, 6.45) is 3.29. The number of aryl methyl sites for hydroxylation is 1. The number of hydrogen-bond acceptors (Lipinski definition) is 3. The third-order valence-corrected chi connectivity index (χ3v) is 2.06. The van der Waals surface area contributed by atoms with Crippen LogP contribution < -0.4 is 0 Å². The molecule has 2 rings (SSSR count). The Hall–Kier alpha value is -1.75. The number of aliphatic hydroxyl groups is 1. The molecule has 0 aliphatic heterocycles. The van der Waals surface area contributed by atoms with Crippen LogP contribution in [0, 0.1) is 5.82 Å². The van der Waals surface area contributed by atoms with Gasteiger partial charge in [0.25, 0.3) is 0 Å². The van der Waals surface area contributed by atoms with Crippen molar-refractivity contribution in [2.24, 2.45) is 7.05 Å². The third kappa shape index (κ3) is 2.02. The van der Waals surface area contributed by atoms with Gasteiger partial charge in [0.15, 0.2) is 0 Å². The quantitative estimate of drug-likeness (QED) is 0.800. The molecule has 2 heterocycles. The maximum atomic E-state index is 12.8. The Morgan fingerprint density at radius 1 is 1.47 bits per heavy atom. The minimum absolute atomic E-state index is 0.397. The largest absolute Gasteiger partial charge is 0.382 e. The molecule has 0 fully saturated rings. The first-order valence-corrected chi connectivity index (χ1v) is 4.45. The van der Waals surface area contributed by atoms with Gasteiger partial charge >= 0.3 is 0 Å². The second kappa shape index (κ2) is 3.78. The van der Waals surface area contributed by atoms with Crippen LogP contribution >= 0.6 is 0 Å². The maximum Gasteiger partial charge on any atom is 0.141 e. The Labute approximate surface area is 86.0 Å². The van der Waals surface area contributed by atoms with Crippen LogP contribution in [0.25, 0.3) is 0 Å². The first-order valence-electron chi connectivity index (χ1n) is 4.45. The van der Waals surface area contributed by atoms with Gasteiger partial charge in [-0.25, -0.2) is 4.39 Å². The van der Waals surface area contributed by atoms with Crippen LogP contribution in [-0.4, -0.2) is 19.9 Å². The van der Waals surface area contributed by atoms with Gasteiger partial charge in [0, 0.05) is 25.0 Å². The number of hydrogen-bond donors (Lipinski definition) is 1. The molecular formula is C10H10FN3O. The molecule has 78 valence electrons. The summed E-state index contributed by atoms with van der Waals surface area (Å²) in [7, 11) is 1.75. The molecule has 15 heavy (non-hydrogen) atoms. The highest BCUT2D eigenvalue weighted by Gasteiger charge is 2.13. The summed E-state index contributed by atoms with van der Waals surface area (Å²) in [5, 5.41) is 13.9. The van der Waals surface area contributed by atoms with Crippen molar-refractivity contribution in [2.45, 2.75) is 6.10 Å². The van der Waals surface area contributed by atoms with Crippen LogP contribution in [0.4, 0.5) is 4.39 Å². The molecule has 0 saturated heterocycles. The number of rotatable bonds is 2. The molecule has 0 aromatic carbocycles. The zero-order valence-corrected chi connectivity index (χ0v) is 8.13. The van der Waals surface area contributed by atoms with E-state index in [1.807, 2.05) is 0 Å². The van der Waals surface area contributed by atoms with Crippen molar-refractivity contribution in [2.75, 3.05) is 0 Å². The zero-order chi connectivity index (χ0) is 10.8. The number of aromatic nitrogens is 3. The molecular weight excluding hydrogens is 197 g/mol. The predicted molar refractivity (Wildman–Crippen MR) is 51.5 cm³/mol. The number of nitrogens with zero attached hydrogens (tertiary/aromatic N) is 3. The summed E-state index contributed by atoms with van der Waals surface area (Å²) in [5.41, 5.74) is 0.874. The molecule has 0 aliphatic carbocycles. The van der Waals surface area contributed by atoms with E-state index in [2.05, 4.69) is 10.1 Å². The minimum atomic E-state index is -0.936. The van der Waals surface area contributed by atoms with Crippen molar-refractivity contribution in [1.29, 1.82) is 0 Å². The van der Waals surface area contributed by atoms with Gasteiger partial charge in [0.2, 0.25) is 0 Å². The van der Waals surface area contributed by atoms with Gasteiger partial charge in [-0.05, 0) is 12.1 Å². The van der Waals surface area contributed by atoms with Crippen molar-refractivity contribution >= 4 is 0 Å². The van der Waals surface area contributed by atoms with Gasteiger partial charge in [0.05, 0.1) is 11.9 Å². The normalized spacial score (nSPS) is 12.7. The molecule has 1 unspecified atom stereocenters. The highest BCUT2D eigenvalue weighted by molar-refractivity contribution is 5.22. The van der Waals surface area contributed by atoms with E-state index in [1.54, 1.807) is 24.0 Å². The standard InChI is InChI=1S/C10H10FN3O/c1-14-3-2-9(13-14)10(15)7-4-8(11)6-12-5-7/h2-6,10,15H,1H3. The molecule has 2 aromatic heterocycles. The lowest BCUT2D eigenvalue weighted by atomic mass is 10.1. The van der Waals surface area contributed by atoms with E-state index >= 15 is 0 Å². The van der Waals surface area contributed by atoms with Crippen molar-refractivity contribution in [1.82, 2.24) is 14.8 Å². The van der Waals surface area contributed by atoms with Gasteiger partial charge in [-0.3, -0.25) is 9.67 Å². The van der Waals surface area contributed by atoms with E-state index in [4.69, 9.17) is 0 Å². The molecule has 0 saturated carbocycles.